The Kier molecular flexibility index (Phi) is 2.64. The number of hydrogen-bond donors (Lipinski definition) is 1. The van der Waals surface area contributed by atoms with Gasteiger partial charge in [0.1, 0.15) is 0 Å². The zero-order chi connectivity index (χ0) is 13.3. The minimum absolute atomic E-state index is 0.0331. The minimum atomic E-state index is -0.324. The number of aliphatic hydroxyl groups excluding tert-OH is 1. The van der Waals surface area contributed by atoms with Crippen molar-refractivity contribution < 1.29 is 9.84 Å². The molecule has 0 aromatic rings. The van der Waals surface area contributed by atoms with Gasteiger partial charge in [-0.05, 0) is 37.7 Å². The molecular weight excluding hydrogens is 292 g/mol. The van der Waals surface area contributed by atoms with Gasteiger partial charge in [0.25, 0.3) is 0 Å². The van der Waals surface area contributed by atoms with Crippen molar-refractivity contribution in [3.63, 3.8) is 0 Å². The molecule has 3 heteroatoms. The van der Waals surface area contributed by atoms with Gasteiger partial charge in [-0.2, -0.15) is 0 Å². The van der Waals surface area contributed by atoms with Crippen LogP contribution in [0.3, 0.4) is 0 Å². The lowest BCUT2D eigenvalue weighted by Gasteiger charge is -2.59. The third kappa shape index (κ3) is 1.31. The molecule has 3 rings (SSSR count). The second kappa shape index (κ2) is 3.62. The normalized spacial score (nSPS) is 53.9. The van der Waals surface area contributed by atoms with E-state index in [1.54, 1.807) is 0 Å². The molecule has 0 amide bonds. The average molecular weight is 315 g/mol. The predicted molar refractivity (Wildman–Crippen MR) is 75.8 cm³/mol. The van der Waals surface area contributed by atoms with Gasteiger partial charge in [-0.3, -0.25) is 0 Å². The number of hydrogen-bond acceptors (Lipinski definition) is 2. The third-order valence-electron chi connectivity index (χ3n) is 6.09. The number of aliphatic hydroxyl groups is 1. The van der Waals surface area contributed by atoms with E-state index in [0.717, 1.165) is 19.3 Å². The van der Waals surface area contributed by atoms with Crippen molar-refractivity contribution >= 4 is 15.9 Å². The SMILES string of the molecule is CC1=CC[C@]23C[C@H]1O[C@@]2(C)C[C@H](O)[C@H](Br)C3(C)C. The van der Waals surface area contributed by atoms with Crippen molar-refractivity contribution in [2.75, 3.05) is 0 Å². The summed E-state index contributed by atoms with van der Waals surface area (Å²) in [6, 6.07) is 0. The zero-order valence-electron chi connectivity index (χ0n) is 11.7. The summed E-state index contributed by atoms with van der Waals surface area (Å²) in [4.78, 5) is 0.146. The second-order valence-corrected chi connectivity index (χ2v) is 8.16. The molecule has 0 aromatic carbocycles. The van der Waals surface area contributed by atoms with Gasteiger partial charge < -0.3 is 9.84 Å². The second-order valence-electron chi connectivity index (χ2n) is 7.17. The minimum Gasteiger partial charge on any atom is -0.392 e. The first-order chi connectivity index (χ1) is 8.23. The Balaban J connectivity index is 2.13. The van der Waals surface area contributed by atoms with Gasteiger partial charge in [0.15, 0.2) is 0 Å². The van der Waals surface area contributed by atoms with Crippen LogP contribution in [-0.4, -0.2) is 27.7 Å². The van der Waals surface area contributed by atoms with E-state index in [-0.39, 0.29) is 33.5 Å². The third-order valence-corrected chi connectivity index (χ3v) is 7.84. The summed E-state index contributed by atoms with van der Waals surface area (Å²) in [6.45, 7) is 8.96. The monoisotopic (exact) mass is 314 g/mol. The van der Waals surface area contributed by atoms with Crippen molar-refractivity contribution in [1.29, 1.82) is 0 Å². The summed E-state index contributed by atoms with van der Waals surface area (Å²) in [5.74, 6) is 0. The van der Waals surface area contributed by atoms with Crippen LogP contribution in [0.25, 0.3) is 0 Å². The van der Waals surface area contributed by atoms with Crippen LogP contribution in [0.1, 0.15) is 47.0 Å². The molecule has 0 radical (unpaired) electrons. The highest BCUT2D eigenvalue weighted by molar-refractivity contribution is 9.09. The predicted octanol–water partition coefficient (Wildman–Crippen LogP) is 3.42. The molecule has 1 N–H and O–H groups in total. The van der Waals surface area contributed by atoms with E-state index < -0.39 is 0 Å². The molecule has 1 saturated carbocycles. The van der Waals surface area contributed by atoms with Gasteiger partial charge in [0.05, 0.1) is 17.8 Å². The molecule has 3 aliphatic rings. The van der Waals surface area contributed by atoms with Gasteiger partial charge in [-0.25, -0.2) is 0 Å². The summed E-state index contributed by atoms with van der Waals surface area (Å²) in [6.07, 6.45) is 5.22. The number of halogens is 1. The van der Waals surface area contributed by atoms with Crippen molar-refractivity contribution in [3.8, 4) is 0 Å². The fraction of sp³-hybridized carbons (Fsp3) is 0.867. The average Bonchev–Trinajstić information content (AvgIpc) is 2.53. The number of rotatable bonds is 0. The zero-order valence-corrected chi connectivity index (χ0v) is 13.3. The van der Waals surface area contributed by atoms with Crippen molar-refractivity contribution in [3.05, 3.63) is 11.6 Å². The Morgan fingerprint density at radius 1 is 1.33 bits per heavy atom. The molecule has 2 aliphatic carbocycles. The number of ether oxygens (including phenoxy) is 1. The highest BCUT2D eigenvalue weighted by atomic mass is 79.9. The molecule has 1 spiro atoms. The Bertz CT molecular complexity index is 417. The molecule has 5 atom stereocenters. The smallest absolute Gasteiger partial charge is 0.0796 e. The van der Waals surface area contributed by atoms with E-state index in [4.69, 9.17) is 4.74 Å². The lowest BCUT2D eigenvalue weighted by Crippen LogP contribution is -2.63. The molecule has 102 valence electrons. The van der Waals surface area contributed by atoms with E-state index in [0.29, 0.717) is 0 Å². The summed E-state index contributed by atoms with van der Waals surface area (Å²) in [7, 11) is 0. The summed E-state index contributed by atoms with van der Waals surface area (Å²) in [5.41, 5.74) is 1.36. The van der Waals surface area contributed by atoms with Gasteiger partial charge in [-0.1, -0.05) is 35.9 Å². The van der Waals surface area contributed by atoms with Crippen molar-refractivity contribution in [2.24, 2.45) is 10.8 Å². The van der Waals surface area contributed by atoms with Crippen LogP contribution in [0.2, 0.25) is 0 Å². The van der Waals surface area contributed by atoms with E-state index in [1.165, 1.54) is 5.57 Å². The first-order valence-corrected chi connectivity index (χ1v) is 7.82. The first-order valence-electron chi connectivity index (χ1n) is 6.90. The van der Waals surface area contributed by atoms with Gasteiger partial charge in [0, 0.05) is 16.7 Å². The van der Waals surface area contributed by atoms with Crippen LogP contribution in [-0.2, 0) is 4.74 Å². The lowest BCUT2D eigenvalue weighted by molar-refractivity contribution is -0.164. The molecule has 2 bridgehead atoms. The molecule has 18 heavy (non-hydrogen) atoms. The Labute approximate surface area is 118 Å². The van der Waals surface area contributed by atoms with Crippen LogP contribution in [0, 0.1) is 10.8 Å². The Morgan fingerprint density at radius 3 is 2.67 bits per heavy atom. The summed E-state index contributed by atoms with van der Waals surface area (Å²) < 4.78 is 6.39. The number of allylic oxidation sites excluding steroid dienone is 1. The molecule has 1 heterocycles. The fourth-order valence-electron chi connectivity index (χ4n) is 4.72. The number of alkyl halides is 1. The Morgan fingerprint density at radius 2 is 2.00 bits per heavy atom. The van der Waals surface area contributed by atoms with Crippen LogP contribution in [0.5, 0.6) is 0 Å². The molecule has 0 aromatic heterocycles. The number of fused-ring (bicyclic) bond motifs is 1. The van der Waals surface area contributed by atoms with E-state index in [2.05, 4.69) is 49.7 Å². The fourth-order valence-corrected chi connectivity index (χ4v) is 5.34. The van der Waals surface area contributed by atoms with Crippen LogP contribution in [0.15, 0.2) is 11.6 Å². The van der Waals surface area contributed by atoms with Gasteiger partial charge in [-0.15, -0.1) is 0 Å². The molecule has 1 saturated heterocycles. The first kappa shape index (κ1) is 13.1. The highest BCUT2D eigenvalue weighted by Crippen LogP contribution is 2.68. The molecule has 1 aliphatic heterocycles. The lowest BCUT2D eigenvalue weighted by atomic mass is 9.48. The molecule has 0 unspecified atom stereocenters. The van der Waals surface area contributed by atoms with Crippen LogP contribution in [0.4, 0.5) is 0 Å². The topological polar surface area (TPSA) is 29.5 Å². The summed E-state index contributed by atoms with van der Waals surface area (Å²) in [5, 5.41) is 10.4. The quantitative estimate of drug-likeness (QED) is 0.548. The molecule has 2 nitrogen and oxygen atoms in total. The Hall–Kier alpha value is 0.140. The van der Waals surface area contributed by atoms with Crippen molar-refractivity contribution in [1.82, 2.24) is 0 Å². The largest absolute Gasteiger partial charge is 0.392 e. The molecule has 2 fully saturated rings. The van der Waals surface area contributed by atoms with E-state index in [1.807, 2.05) is 0 Å². The maximum Gasteiger partial charge on any atom is 0.0796 e. The maximum absolute atomic E-state index is 10.4. The van der Waals surface area contributed by atoms with Gasteiger partial charge >= 0.3 is 0 Å². The molecular formula is C15H23BrO2. The standard InChI is InChI=1S/C15H23BrO2/c1-9-5-6-15-8-11(9)18-14(15,4)7-10(17)12(16)13(15,2)3/h5,10-12,17H,6-8H2,1-4H3/t10-,11+,12-,14-,15+/m0/s1. The summed E-state index contributed by atoms with van der Waals surface area (Å²) >= 11 is 3.74. The van der Waals surface area contributed by atoms with Crippen molar-refractivity contribution in [2.45, 2.75) is 69.6 Å². The van der Waals surface area contributed by atoms with Crippen LogP contribution < -0.4 is 0 Å². The van der Waals surface area contributed by atoms with E-state index in [9.17, 15) is 5.11 Å². The van der Waals surface area contributed by atoms with Crippen LogP contribution >= 0.6 is 15.9 Å². The van der Waals surface area contributed by atoms with E-state index >= 15 is 0 Å². The maximum atomic E-state index is 10.4. The van der Waals surface area contributed by atoms with Gasteiger partial charge in [0.2, 0.25) is 0 Å². The highest BCUT2D eigenvalue weighted by Gasteiger charge is 2.69.